The average molecular weight is 300 g/mol. The minimum absolute atomic E-state index is 0.525. The third-order valence-corrected chi connectivity index (χ3v) is 4.39. The monoisotopic (exact) mass is 299 g/mol. The van der Waals surface area contributed by atoms with Crippen LogP contribution in [0.3, 0.4) is 0 Å². The van der Waals surface area contributed by atoms with Crippen LogP contribution in [0.5, 0.6) is 5.88 Å². The van der Waals surface area contributed by atoms with Crippen molar-refractivity contribution in [1.29, 1.82) is 0 Å². The second kappa shape index (κ2) is 5.21. The number of aromatic nitrogens is 2. The molecule has 0 radical (unpaired) electrons. The van der Waals surface area contributed by atoms with Gasteiger partial charge in [0.25, 0.3) is 0 Å². The first-order valence-corrected chi connectivity index (χ1v) is 6.80. The molecule has 0 aromatic carbocycles. The maximum absolute atomic E-state index is 5.18. The molecule has 1 aromatic rings. The van der Waals surface area contributed by atoms with Crippen molar-refractivity contribution in [2.75, 3.05) is 25.1 Å². The smallest absolute Gasteiger partial charge is 0.218 e. The first-order valence-electron chi connectivity index (χ1n) is 5.89. The minimum atomic E-state index is 0.525. The van der Waals surface area contributed by atoms with Crippen molar-refractivity contribution in [3.05, 3.63) is 11.9 Å². The highest BCUT2D eigenvalue weighted by atomic mass is 79.9. The molecule has 0 amide bonds. The van der Waals surface area contributed by atoms with E-state index in [0.717, 1.165) is 30.6 Å². The van der Waals surface area contributed by atoms with E-state index >= 15 is 0 Å². The highest BCUT2D eigenvalue weighted by molar-refractivity contribution is 9.09. The van der Waals surface area contributed by atoms with Gasteiger partial charge in [-0.3, -0.25) is 0 Å². The lowest BCUT2D eigenvalue weighted by Crippen LogP contribution is -2.40. The quantitative estimate of drug-likeness (QED) is 0.786. The second-order valence-corrected chi connectivity index (χ2v) is 5.72. The maximum atomic E-state index is 5.18. The number of alkyl halides is 1. The molecule has 0 aliphatic carbocycles. The van der Waals surface area contributed by atoms with Crippen LogP contribution in [0.25, 0.3) is 0 Å². The molecule has 1 saturated heterocycles. The van der Waals surface area contributed by atoms with Crippen LogP contribution in [0, 0.1) is 12.8 Å². The number of aryl methyl sites for hydroxylation is 1. The third-order valence-electron chi connectivity index (χ3n) is 3.20. The van der Waals surface area contributed by atoms with Gasteiger partial charge in [0.05, 0.1) is 7.11 Å². The Morgan fingerprint density at radius 1 is 1.47 bits per heavy atom. The van der Waals surface area contributed by atoms with Crippen molar-refractivity contribution in [3.8, 4) is 5.88 Å². The van der Waals surface area contributed by atoms with Crippen molar-refractivity contribution >= 4 is 21.7 Å². The summed E-state index contributed by atoms with van der Waals surface area (Å²) in [6.07, 6.45) is 1.18. The summed E-state index contributed by atoms with van der Waals surface area (Å²) in [5, 5.41) is 0. The van der Waals surface area contributed by atoms with Gasteiger partial charge in [0.1, 0.15) is 11.6 Å². The van der Waals surface area contributed by atoms with Gasteiger partial charge < -0.3 is 9.64 Å². The lowest BCUT2D eigenvalue weighted by atomic mass is 9.99. The summed E-state index contributed by atoms with van der Waals surface area (Å²) in [5.74, 6) is 3.07. The minimum Gasteiger partial charge on any atom is -0.481 e. The first kappa shape index (κ1) is 12.6. The molecule has 0 bridgehead atoms. The zero-order chi connectivity index (χ0) is 12.4. The SMILES string of the molecule is COc1cc(N2CCC(C)C(Br)C2)nc(C)n1. The molecule has 2 unspecified atom stereocenters. The summed E-state index contributed by atoms with van der Waals surface area (Å²) >= 11 is 3.73. The number of nitrogens with zero attached hydrogens (tertiary/aromatic N) is 3. The second-order valence-electron chi connectivity index (χ2n) is 4.54. The fourth-order valence-corrected chi connectivity index (χ4v) is 2.64. The Morgan fingerprint density at radius 2 is 2.24 bits per heavy atom. The van der Waals surface area contributed by atoms with Crippen LogP contribution in [0.1, 0.15) is 19.2 Å². The topological polar surface area (TPSA) is 38.2 Å². The van der Waals surface area contributed by atoms with Crippen LogP contribution in [0.15, 0.2) is 6.07 Å². The molecule has 1 aliphatic rings. The van der Waals surface area contributed by atoms with Gasteiger partial charge in [-0.1, -0.05) is 22.9 Å². The van der Waals surface area contributed by atoms with Crippen molar-refractivity contribution in [2.24, 2.45) is 5.92 Å². The van der Waals surface area contributed by atoms with E-state index in [9.17, 15) is 0 Å². The zero-order valence-electron chi connectivity index (χ0n) is 10.5. The Kier molecular flexibility index (Phi) is 3.86. The predicted molar refractivity (Wildman–Crippen MR) is 72.0 cm³/mol. The first-order chi connectivity index (χ1) is 8.10. The van der Waals surface area contributed by atoms with Gasteiger partial charge >= 0.3 is 0 Å². The number of hydrogen-bond donors (Lipinski definition) is 0. The van der Waals surface area contributed by atoms with Crippen LogP contribution < -0.4 is 9.64 Å². The highest BCUT2D eigenvalue weighted by Gasteiger charge is 2.25. The number of piperidine rings is 1. The van der Waals surface area contributed by atoms with E-state index in [1.165, 1.54) is 6.42 Å². The van der Waals surface area contributed by atoms with Gasteiger partial charge in [-0.25, -0.2) is 4.98 Å². The van der Waals surface area contributed by atoms with Gasteiger partial charge in [-0.05, 0) is 19.3 Å². The number of anilines is 1. The van der Waals surface area contributed by atoms with Crippen molar-refractivity contribution in [1.82, 2.24) is 9.97 Å². The lowest BCUT2D eigenvalue weighted by molar-refractivity contribution is 0.394. The number of rotatable bonds is 2. The van der Waals surface area contributed by atoms with Gasteiger partial charge in [0, 0.05) is 24.0 Å². The van der Waals surface area contributed by atoms with E-state index in [0.29, 0.717) is 10.7 Å². The van der Waals surface area contributed by atoms with E-state index in [-0.39, 0.29) is 0 Å². The fourth-order valence-electron chi connectivity index (χ4n) is 2.02. The molecule has 17 heavy (non-hydrogen) atoms. The maximum Gasteiger partial charge on any atom is 0.218 e. The molecule has 5 heteroatoms. The number of hydrogen-bond acceptors (Lipinski definition) is 4. The molecular formula is C12H18BrN3O. The van der Waals surface area contributed by atoms with Crippen LogP contribution in [0.2, 0.25) is 0 Å². The number of ether oxygens (including phenoxy) is 1. The summed E-state index contributed by atoms with van der Waals surface area (Å²) in [7, 11) is 1.64. The molecule has 1 fully saturated rings. The number of methoxy groups -OCH3 is 1. The number of halogens is 1. The molecule has 0 N–H and O–H groups in total. The zero-order valence-corrected chi connectivity index (χ0v) is 12.1. The molecule has 0 spiro atoms. The van der Waals surface area contributed by atoms with E-state index < -0.39 is 0 Å². The van der Waals surface area contributed by atoms with Gasteiger partial charge in [0.2, 0.25) is 5.88 Å². The highest BCUT2D eigenvalue weighted by Crippen LogP contribution is 2.27. The Labute approximate surface area is 111 Å². The molecule has 1 aromatic heterocycles. The summed E-state index contributed by atoms with van der Waals surface area (Å²) in [6, 6.07) is 1.91. The van der Waals surface area contributed by atoms with Crippen LogP contribution in [-0.4, -0.2) is 35.0 Å². The van der Waals surface area contributed by atoms with Crippen LogP contribution in [0.4, 0.5) is 5.82 Å². The third kappa shape index (κ3) is 2.89. The predicted octanol–water partition coefficient (Wildman–Crippen LogP) is 2.40. The summed E-state index contributed by atoms with van der Waals surface area (Å²) < 4.78 is 5.18. The van der Waals surface area contributed by atoms with Crippen LogP contribution in [-0.2, 0) is 0 Å². The van der Waals surface area contributed by atoms with Gasteiger partial charge in [-0.2, -0.15) is 4.98 Å². The molecule has 2 rings (SSSR count). The van der Waals surface area contributed by atoms with Crippen molar-refractivity contribution in [3.63, 3.8) is 0 Å². The Hall–Kier alpha value is -0.840. The standard InChI is InChI=1S/C12H18BrN3O/c1-8-4-5-16(7-10(8)13)11-6-12(17-3)15-9(2)14-11/h6,8,10H,4-5,7H2,1-3H3. The molecule has 0 saturated carbocycles. The summed E-state index contributed by atoms with van der Waals surface area (Å²) in [5.41, 5.74) is 0. The Bertz CT molecular complexity index is 399. The summed E-state index contributed by atoms with van der Waals surface area (Å²) in [4.78, 5) is 11.5. The average Bonchev–Trinajstić information content (AvgIpc) is 2.32. The van der Waals surface area contributed by atoms with E-state index in [4.69, 9.17) is 4.74 Å². The molecular weight excluding hydrogens is 282 g/mol. The molecule has 94 valence electrons. The molecule has 1 aliphatic heterocycles. The molecule has 2 heterocycles. The summed E-state index contributed by atoms with van der Waals surface area (Å²) in [6.45, 7) is 6.20. The Balaban J connectivity index is 2.19. The van der Waals surface area contributed by atoms with Gasteiger partial charge in [0.15, 0.2) is 0 Å². The van der Waals surface area contributed by atoms with Crippen LogP contribution >= 0.6 is 15.9 Å². The molecule has 2 atom stereocenters. The molecule has 4 nitrogen and oxygen atoms in total. The fraction of sp³-hybridized carbons (Fsp3) is 0.667. The Morgan fingerprint density at radius 3 is 2.88 bits per heavy atom. The lowest BCUT2D eigenvalue weighted by Gasteiger charge is -2.35. The van der Waals surface area contributed by atoms with E-state index in [1.807, 2.05) is 13.0 Å². The largest absolute Gasteiger partial charge is 0.481 e. The van der Waals surface area contributed by atoms with Gasteiger partial charge in [-0.15, -0.1) is 0 Å². The van der Waals surface area contributed by atoms with Crippen molar-refractivity contribution < 1.29 is 4.74 Å². The van der Waals surface area contributed by atoms with E-state index in [1.54, 1.807) is 7.11 Å². The van der Waals surface area contributed by atoms with Crippen molar-refractivity contribution in [2.45, 2.75) is 25.1 Å². The van der Waals surface area contributed by atoms with E-state index in [2.05, 4.69) is 37.7 Å². The normalized spacial score (nSPS) is 24.8.